The summed E-state index contributed by atoms with van der Waals surface area (Å²) in [6.45, 7) is 1.86. The molecule has 0 saturated carbocycles. The Bertz CT molecular complexity index is 746. The van der Waals surface area contributed by atoms with Crippen LogP contribution >= 0.6 is 0 Å². The second kappa shape index (κ2) is 4.61. The summed E-state index contributed by atoms with van der Waals surface area (Å²) in [4.78, 5) is 12.5. The lowest BCUT2D eigenvalue weighted by Gasteiger charge is -2.06. The molecule has 0 aliphatic rings. The fourth-order valence-corrected chi connectivity index (χ4v) is 1.79. The van der Waals surface area contributed by atoms with Crippen molar-refractivity contribution in [3.05, 3.63) is 54.2 Å². The largest absolute Gasteiger partial charge is 0.424 e. The summed E-state index contributed by atoms with van der Waals surface area (Å²) < 4.78 is 18.5. The number of ether oxygens (including phenoxy) is 1. The molecule has 0 saturated heterocycles. The first-order valence-corrected chi connectivity index (χ1v) is 5.74. The molecule has 0 radical (unpaired) electrons. The number of benzene rings is 1. The van der Waals surface area contributed by atoms with E-state index in [9.17, 15) is 4.39 Å². The summed E-state index contributed by atoms with van der Waals surface area (Å²) in [5.74, 6) is -0.000631. The van der Waals surface area contributed by atoms with Gasteiger partial charge in [0.2, 0.25) is 0 Å². The van der Waals surface area contributed by atoms with Crippen molar-refractivity contribution < 1.29 is 9.13 Å². The summed E-state index contributed by atoms with van der Waals surface area (Å²) in [7, 11) is 0. The van der Waals surface area contributed by atoms with E-state index in [1.807, 2.05) is 13.0 Å². The van der Waals surface area contributed by atoms with Gasteiger partial charge in [-0.1, -0.05) is 6.07 Å². The van der Waals surface area contributed by atoms with E-state index in [2.05, 4.69) is 15.0 Å². The van der Waals surface area contributed by atoms with Gasteiger partial charge < -0.3 is 4.74 Å². The topological polar surface area (TPSA) is 47.9 Å². The molecule has 5 heteroatoms. The number of pyridine rings is 1. The first-order valence-electron chi connectivity index (χ1n) is 5.74. The van der Waals surface area contributed by atoms with Crippen LogP contribution in [0.25, 0.3) is 10.9 Å². The highest BCUT2D eigenvalue weighted by atomic mass is 19.1. The van der Waals surface area contributed by atoms with Crippen molar-refractivity contribution >= 4 is 10.9 Å². The Hall–Kier alpha value is -2.56. The van der Waals surface area contributed by atoms with Crippen LogP contribution in [0.4, 0.5) is 4.39 Å². The lowest BCUT2D eigenvalue weighted by molar-refractivity contribution is 0.439. The van der Waals surface area contributed by atoms with E-state index in [4.69, 9.17) is 4.74 Å². The monoisotopic (exact) mass is 255 g/mol. The minimum atomic E-state index is -0.364. The molecule has 0 amide bonds. The number of hydrogen-bond acceptors (Lipinski definition) is 4. The maximum atomic E-state index is 13.1. The normalized spacial score (nSPS) is 10.6. The molecule has 0 atom stereocenters. The zero-order valence-corrected chi connectivity index (χ0v) is 10.2. The van der Waals surface area contributed by atoms with E-state index in [0.717, 1.165) is 11.1 Å². The highest BCUT2D eigenvalue weighted by Crippen LogP contribution is 2.22. The van der Waals surface area contributed by atoms with E-state index >= 15 is 0 Å². The van der Waals surface area contributed by atoms with Gasteiger partial charge in [0.25, 0.3) is 0 Å². The minimum Gasteiger partial charge on any atom is -0.424 e. The van der Waals surface area contributed by atoms with Gasteiger partial charge >= 0.3 is 6.01 Å². The van der Waals surface area contributed by atoms with Gasteiger partial charge in [0, 0.05) is 17.6 Å². The fraction of sp³-hybridized carbons (Fsp3) is 0.0714. The van der Waals surface area contributed by atoms with Crippen LogP contribution in [-0.4, -0.2) is 15.0 Å². The maximum absolute atomic E-state index is 13.1. The molecule has 3 rings (SSSR count). The third-order valence-electron chi connectivity index (χ3n) is 2.67. The summed E-state index contributed by atoms with van der Waals surface area (Å²) >= 11 is 0. The lowest BCUT2D eigenvalue weighted by atomic mass is 10.2. The number of hydrogen-bond donors (Lipinski definition) is 0. The van der Waals surface area contributed by atoms with Crippen LogP contribution in [0.3, 0.4) is 0 Å². The average molecular weight is 255 g/mol. The number of aromatic nitrogens is 3. The second-order valence-electron chi connectivity index (χ2n) is 4.04. The molecule has 0 aliphatic heterocycles. The van der Waals surface area contributed by atoms with Gasteiger partial charge in [0.1, 0.15) is 11.6 Å². The Morgan fingerprint density at radius 1 is 1.16 bits per heavy atom. The summed E-state index contributed by atoms with van der Waals surface area (Å²) in [5.41, 5.74) is 1.49. The number of rotatable bonds is 2. The van der Waals surface area contributed by atoms with Crippen LogP contribution in [0.15, 0.2) is 42.7 Å². The molecule has 0 aliphatic carbocycles. The number of nitrogens with zero attached hydrogens (tertiary/aromatic N) is 3. The first-order chi connectivity index (χ1) is 9.22. The lowest BCUT2D eigenvalue weighted by Crippen LogP contribution is -1.96. The second-order valence-corrected chi connectivity index (χ2v) is 4.04. The molecular formula is C14H10FN3O. The van der Waals surface area contributed by atoms with E-state index < -0.39 is 0 Å². The van der Waals surface area contributed by atoms with Crippen molar-refractivity contribution in [1.29, 1.82) is 0 Å². The third-order valence-corrected chi connectivity index (χ3v) is 2.67. The fourth-order valence-electron chi connectivity index (χ4n) is 1.79. The van der Waals surface area contributed by atoms with E-state index in [0.29, 0.717) is 11.3 Å². The predicted molar refractivity (Wildman–Crippen MR) is 68.5 cm³/mol. The summed E-state index contributed by atoms with van der Waals surface area (Å²) in [6, 6.07) is 7.88. The van der Waals surface area contributed by atoms with Crippen molar-refractivity contribution in [3.63, 3.8) is 0 Å². The Balaban J connectivity index is 2.02. The van der Waals surface area contributed by atoms with Gasteiger partial charge in [-0.05, 0) is 25.1 Å². The molecule has 2 aromatic heterocycles. The smallest absolute Gasteiger partial charge is 0.322 e. The van der Waals surface area contributed by atoms with Gasteiger partial charge in [-0.15, -0.1) is 0 Å². The van der Waals surface area contributed by atoms with Crippen molar-refractivity contribution in [2.75, 3.05) is 0 Å². The molecule has 4 nitrogen and oxygen atoms in total. The van der Waals surface area contributed by atoms with E-state index in [1.54, 1.807) is 24.5 Å². The maximum Gasteiger partial charge on any atom is 0.322 e. The quantitative estimate of drug-likeness (QED) is 0.705. The molecule has 3 aromatic rings. The molecule has 0 fully saturated rings. The van der Waals surface area contributed by atoms with Crippen LogP contribution in [0.5, 0.6) is 11.8 Å². The van der Waals surface area contributed by atoms with Crippen molar-refractivity contribution in [2.24, 2.45) is 0 Å². The van der Waals surface area contributed by atoms with Gasteiger partial charge in [0.05, 0.1) is 17.4 Å². The highest BCUT2D eigenvalue weighted by molar-refractivity contribution is 5.79. The van der Waals surface area contributed by atoms with Crippen molar-refractivity contribution in [1.82, 2.24) is 15.0 Å². The summed E-state index contributed by atoms with van der Waals surface area (Å²) in [5, 5.41) is 0.918. The van der Waals surface area contributed by atoms with Crippen LogP contribution in [-0.2, 0) is 0 Å². The molecule has 2 heterocycles. The standard InChI is InChI=1S/C14H10FN3O/c1-9-12-5-6-16-8-13(12)18-14(17-9)19-11-4-2-3-10(15)7-11/h2-8H,1H3. The van der Waals surface area contributed by atoms with E-state index in [-0.39, 0.29) is 11.8 Å². The summed E-state index contributed by atoms with van der Waals surface area (Å²) in [6.07, 6.45) is 3.33. The van der Waals surface area contributed by atoms with Gasteiger partial charge in [0.15, 0.2) is 0 Å². The Kier molecular flexibility index (Phi) is 2.79. The van der Waals surface area contributed by atoms with Gasteiger partial charge in [-0.2, -0.15) is 9.97 Å². The van der Waals surface area contributed by atoms with Crippen LogP contribution in [0, 0.1) is 12.7 Å². The zero-order chi connectivity index (χ0) is 13.2. The van der Waals surface area contributed by atoms with Crippen LogP contribution in [0.2, 0.25) is 0 Å². The Labute approximate surface area is 108 Å². The molecule has 1 aromatic carbocycles. The molecule has 94 valence electrons. The van der Waals surface area contributed by atoms with Gasteiger partial charge in [-0.25, -0.2) is 4.39 Å². The van der Waals surface area contributed by atoms with Crippen molar-refractivity contribution in [2.45, 2.75) is 6.92 Å². The molecule has 19 heavy (non-hydrogen) atoms. The average Bonchev–Trinajstić information content (AvgIpc) is 2.39. The minimum absolute atomic E-state index is 0.184. The van der Waals surface area contributed by atoms with Crippen LogP contribution in [0.1, 0.15) is 5.69 Å². The number of aryl methyl sites for hydroxylation is 1. The van der Waals surface area contributed by atoms with Crippen LogP contribution < -0.4 is 4.74 Å². The molecule has 0 spiro atoms. The molecule has 0 N–H and O–H groups in total. The predicted octanol–water partition coefficient (Wildman–Crippen LogP) is 3.26. The number of fused-ring (bicyclic) bond motifs is 1. The molecule has 0 bridgehead atoms. The zero-order valence-electron chi connectivity index (χ0n) is 10.2. The molecule has 0 unspecified atom stereocenters. The highest BCUT2D eigenvalue weighted by Gasteiger charge is 2.06. The third kappa shape index (κ3) is 2.35. The SMILES string of the molecule is Cc1nc(Oc2cccc(F)c2)nc2cnccc12. The molecular weight excluding hydrogens is 245 g/mol. The van der Waals surface area contributed by atoms with Crippen molar-refractivity contribution in [3.8, 4) is 11.8 Å². The number of halogens is 1. The Morgan fingerprint density at radius 3 is 2.89 bits per heavy atom. The Morgan fingerprint density at radius 2 is 2.05 bits per heavy atom. The van der Waals surface area contributed by atoms with Gasteiger partial charge in [-0.3, -0.25) is 4.98 Å². The first kappa shape index (κ1) is 11.5. The van der Waals surface area contributed by atoms with E-state index in [1.165, 1.54) is 12.1 Å².